The van der Waals surface area contributed by atoms with Crippen molar-refractivity contribution in [2.45, 2.75) is 26.4 Å². The first-order chi connectivity index (χ1) is 10.0. The van der Waals surface area contributed by atoms with Gasteiger partial charge in [0.2, 0.25) is 0 Å². The topological polar surface area (TPSA) is 15.3 Å². The van der Waals surface area contributed by atoms with Crippen molar-refractivity contribution in [1.82, 2.24) is 5.32 Å². The van der Waals surface area contributed by atoms with E-state index in [1.165, 1.54) is 11.1 Å². The Bertz CT molecular complexity index is 593. The van der Waals surface area contributed by atoms with Crippen LogP contribution in [0.25, 0.3) is 0 Å². The molecule has 21 heavy (non-hydrogen) atoms. The molecule has 1 unspecified atom stereocenters. The molecule has 2 aromatic carbocycles. The van der Waals surface area contributed by atoms with Crippen LogP contribution in [0, 0.1) is 12.7 Å². The maximum Gasteiger partial charge on any atom is 0.146 e. The average molecular weight is 286 g/mol. The zero-order valence-corrected chi connectivity index (χ0v) is 13.2. The molecule has 0 saturated heterocycles. The largest absolute Gasteiger partial charge is 0.368 e. The maximum absolute atomic E-state index is 14.3. The van der Waals surface area contributed by atoms with Gasteiger partial charge in [-0.2, -0.15) is 0 Å². The standard InChI is InChI=1S/C18H23FN2/c1-13-5-7-15(8-6-13)12-21(4)18-10-9-16(11-17(18)19)14(2)20-3/h5-11,14,20H,12H2,1-4H3. The Morgan fingerprint density at radius 1 is 1.14 bits per heavy atom. The summed E-state index contributed by atoms with van der Waals surface area (Å²) in [6.07, 6.45) is 0. The zero-order valence-electron chi connectivity index (χ0n) is 13.2. The minimum absolute atomic E-state index is 0.149. The highest BCUT2D eigenvalue weighted by Gasteiger charge is 2.11. The van der Waals surface area contributed by atoms with E-state index in [4.69, 9.17) is 0 Å². The van der Waals surface area contributed by atoms with Crippen molar-refractivity contribution in [3.05, 3.63) is 65.0 Å². The predicted octanol–water partition coefficient (Wildman–Crippen LogP) is 4.05. The number of rotatable bonds is 5. The van der Waals surface area contributed by atoms with E-state index >= 15 is 0 Å². The Labute approximate surface area is 126 Å². The molecule has 0 bridgehead atoms. The molecule has 0 fully saturated rings. The number of hydrogen-bond donors (Lipinski definition) is 1. The van der Waals surface area contributed by atoms with Gasteiger partial charge in [0.1, 0.15) is 5.82 Å². The first kappa shape index (κ1) is 15.5. The quantitative estimate of drug-likeness (QED) is 0.892. The minimum Gasteiger partial charge on any atom is -0.368 e. The SMILES string of the molecule is CNC(C)c1ccc(N(C)Cc2ccc(C)cc2)c(F)c1. The van der Waals surface area contributed by atoms with Gasteiger partial charge in [0, 0.05) is 19.6 Å². The molecular formula is C18H23FN2. The molecule has 0 aliphatic carbocycles. The van der Waals surface area contributed by atoms with Gasteiger partial charge in [-0.1, -0.05) is 35.9 Å². The summed E-state index contributed by atoms with van der Waals surface area (Å²) in [5.41, 5.74) is 4.00. The molecule has 0 spiro atoms. The molecule has 0 heterocycles. The fraction of sp³-hybridized carbons (Fsp3) is 0.333. The van der Waals surface area contributed by atoms with Crippen LogP contribution in [-0.4, -0.2) is 14.1 Å². The normalized spacial score (nSPS) is 12.2. The number of halogens is 1. The zero-order chi connectivity index (χ0) is 15.4. The number of nitrogens with one attached hydrogen (secondary N) is 1. The molecule has 3 heteroatoms. The summed E-state index contributed by atoms with van der Waals surface area (Å²) in [4.78, 5) is 1.94. The van der Waals surface area contributed by atoms with E-state index in [2.05, 4.69) is 36.5 Å². The molecule has 0 saturated carbocycles. The van der Waals surface area contributed by atoms with Crippen molar-refractivity contribution in [2.75, 3.05) is 19.0 Å². The van der Waals surface area contributed by atoms with Gasteiger partial charge in [0.25, 0.3) is 0 Å². The number of hydrogen-bond acceptors (Lipinski definition) is 2. The van der Waals surface area contributed by atoms with Gasteiger partial charge in [0.05, 0.1) is 5.69 Å². The highest BCUT2D eigenvalue weighted by atomic mass is 19.1. The molecule has 0 aliphatic rings. The van der Waals surface area contributed by atoms with Gasteiger partial charge in [-0.05, 0) is 44.2 Å². The molecule has 1 atom stereocenters. The molecule has 2 nitrogen and oxygen atoms in total. The van der Waals surface area contributed by atoms with Crippen LogP contribution in [0.5, 0.6) is 0 Å². The molecule has 2 aromatic rings. The van der Waals surface area contributed by atoms with E-state index in [0.717, 1.165) is 5.56 Å². The summed E-state index contributed by atoms with van der Waals surface area (Å²) in [6, 6.07) is 13.9. The van der Waals surface area contributed by atoms with E-state index in [1.807, 2.05) is 38.1 Å². The smallest absolute Gasteiger partial charge is 0.146 e. The molecule has 0 aliphatic heterocycles. The Balaban J connectivity index is 2.15. The number of nitrogens with zero attached hydrogens (tertiary/aromatic N) is 1. The van der Waals surface area contributed by atoms with Crippen LogP contribution in [0.2, 0.25) is 0 Å². The number of aryl methyl sites for hydroxylation is 1. The first-order valence-corrected chi connectivity index (χ1v) is 7.24. The molecule has 112 valence electrons. The number of benzene rings is 2. The van der Waals surface area contributed by atoms with Gasteiger partial charge in [-0.15, -0.1) is 0 Å². The summed E-state index contributed by atoms with van der Waals surface area (Å²) < 4.78 is 14.3. The Morgan fingerprint density at radius 3 is 2.38 bits per heavy atom. The van der Waals surface area contributed by atoms with Gasteiger partial charge < -0.3 is 10.2 Å². The van der Waals surface area contributed by atoms with Crippen LogP contribution >= 0.6 is 0 Å². The van der Waals surface area contributed by atoms with Crippen LogP contribution in [0.1, 0.15) is 29.7 Å². The van der Waals surface area contributed by atoms with Gasteiger partial charge in [-0.25, -0.2) is 4.39 Å². The molecule has 0 aromatic heterocycles. The lowest BCUT2D eigenvalue weighted by atomic mass is 10.1. The molecular weight excluding hydrogens is 263 g/mol. The van der Waals surface area contributed by atoms with Crippen molar-refractivity contribution in [2.24, 2.45) is 0 Å². The van der Waals surface area contributed by atoms with Gasteiger partial charge >= 0.3 is 0 Å². The van der Waals surface area contributed by atoms with Crippen molar-refractivity contribution in [3.63, 3.8) is 0 Å². The first-order valence-electron chi connectivity index (χ1n) is 7.24. The van der Waals surface area contributed by atoms with Crippen LogP contribution in [0.4, 0.5) is 10.1 Å². The van der Waals surface area contributed by atoms with Gasteiger partial charge in [-0.3, -0.25) is 0 Å². The third kappa shape index (κ3) is 3.82. The van der Waals surface area contributed by atoms with E-state index in [0.29, 0.717) is 12.2 Å². The summed E-state index contributed by atoms with van der Waals surface area (Å²) in [5, 5.41) is 3.12. The summed E-state index contributed by atoms with van der Waals surface area (Å²) in [6.45, 7) is 4.78. The van der Waals surface area contributed by atoms with Gasteiger partial charge in [0.15, 0.2) is 0 Å². The lowest BCUT2D eigenvalue weighted by molar-refractivity contribution is 0.605. The van der Waals surface area contributed by atoms with E-state index < -0.39 is 0 Å². The molecule has 1 N–H and O–H groups in total. The van der Waals surface area contributed by atoms with Crippen molar-refractivity contribution in [1.29, 1.82) is 0 Å². The average Bonchev–Trinajstić information content (AvgIpc) is 2.48. The lowest BCUT2D eigenvalue weighted by Crippen LogP contribution is -2.18. The van der Waals surface area contributed by atoms with E-state index in [-0.39, 0.29) is 11.9 Å². The monoisotopic (exact) mass is 286 g/mol. The van der Waals surface area contributed by atoms with Crippen LogP contribution in [0.15, 0.2) is 42.5 Å². The predicted molar refractivity (Wildman–Crippen MR) is 87.2 cm³/mol. The van der Waals surface area contributed by atoms with E-state index in [1.54, 1.807) is 6.07 Å². The second-order valence-corrected chi connectivity index (χ2v) is 5.56. The Kier molecular flexibility index (Phi) is 4.97. The summed E-state index contributed by atoms with van der Waals surface area (Å²) in [7, 11) is 3.79. The minimum atomic E-state index is -0.177. The Morgan fingerprint density at radius 2 is 1.81 bits per heavy atom. The highest BCUT2D eigenvalue weighted by Crippen LogP contribution is 2.24. The number of anilines is 1. The second kappa shape index (κ2) is 6.72. The fourth-order valence-corrected chi connectivity index (χ4v) is 2.32. The molecule has 0 amide bonds. The van der Waals surface area contributed by atoms with Crippen molar-refractivity contribution in [3.8, 4) is 0 Å². The van der Waals surface area contributed by atoms with E-state index in [9.17, 15) is 4.39 Å². The summed E-state index contributed by atoms with van der Waals surface area (Å²) >= 11 is 0. The second-order valence-electron chi connectivity index (χ2n) is 5.56. The van der Waals surface area contributed by atoms with Crippen LogP contribution in [-0.2, 0) is 6.54 Å². The van der Waals surface area contributed by atoms with Crippen LogP contribution in [0.3, 0.4) is 0 Å². The molecule has 0 radical (unpaired) electrons. The van der Waals surface area contributed by atoms with Crippen molar-refractivity contribution >= 4 is 5.69 Å². The summed E-state index contributed by atoms with van der Waals surface area (Å²) in [5.74, 6) is -0.177. The maximum atomic E-state index is 14.3. The third-order valence-corrected chi connectivity index (χ3v) is 3.86. The highest BCUT2D eigenvalue weighted by molar-refractivity contribution is 5.49. The van der Waals surface area contributed by atoms with Crippen molar-refractivity contribution < 1.29 is 4.39 Å². The third-order valence-electron chi connectivity index (χ3n) is 3.86. The Hall–Kier alpha value is -1.87. The van der Waals surface area contributed by atoms with Crippen LogP contribution < -0.4 is 10.2 Å². The lowest BCUT2D eigenvalue weighted by Gasteiger charge is -2.21. The molecule has 2 rings (SSSR count). The fourth-order valence-electron chi connectivity index (χ4n) is 2.32.